The van der Waals surface area contributed by atoms with Gasteiger partial charge in [0.05, 0.1) is 6.04 Å². The number of amidine groups is 1. The molecule has 0 aromatic carbocycles. The molecule has 0 bridgehead atoms. The Labute approximate surface area is 71.6 Å². The molecule has 5 heteroatoms. The van der Waals surface area contributed by atoms with Crippen molar-refractivity contribution in [3.63, 3.8) is 0 Å². The molecule has 0 aromatic rings. The molecule has 0 saturated carbocycles. The molecule has 1 atom stereocenters. The van der Waals surface area contributed by atoms with Gasteiger partial charge in [0.1, 0.15) is 0 Å². The summed E-state index contributed by atoms with van der Waals surface area (Å²) in [7, 11) is 0. The highest BCUT2D eigenvalue weighted by Crippen LogP contribution is 1.88. The summed E-state index contributed by atoms with van der Waals surface area (Å²) in [5.74, 6) is -0.0731. The van der Waals surface area contributed by atoms with Crippen LogP contribution in [0.1, 0.15) is 26.7 Å². The predicted molar refractivity (Wildman–Crippen MR) is 45.9 cm³/mol. The second kappa shape index (κ2) is 5.40. The van der Waals surface area contributed by atoms with Crippen molar-refractivity contribution < 1.29 is 10.0 Å². The highest BCUT2D eigenvalue weighted by Gasteiger charge is 2.09. The topological polar surface area (TPSA) is 87.7 Å². The SMILES string of the molecule is CCCC(=O)NC(C)C(N)=NO. The molecule has 0 aliphatic heterocycles. The fourth-order valence-corrected chi connectivity index (χ4v) is 0.701. The van der Waals surface area contributed by atoms with Gasteiger partial charge in [-0.1, -0.05) is 12.1 Å². The van der Waals surface area contributed by atoms with Crippen LogP contribution in [0.3, 0.4) is 0 Å². The summed E-state index contributed by atoms with van der Waals surface area (Å²) in [6.45, 7) is 3.57. The van der Waals surface area contributed by atoms with Crippen molar-refractivity contribution in [2.75, 3.05) is 0 Å². The van der Waals surface area contributed by atoms with Crippen LogP contribution in [-0.2, 0) is 4.79 Å². The van der Waals surface area contributed by atoms with E-state index in [2.05, 4.69) is 10.5 Å². The molecule has 5 nitrogen and oxygen atoms in total. The van der Waals surface area contributed by atoms with Gasteiger partial charge >= 0.3 is 0 Å². The minimum Gasteiger partial charge on any atom is -0.409 e. The summed E-state index contributed by atoms with van der Waals surface area (Å²) in [5, 5.41) is 13.6. The minimum atomic E-state index is -0.408. The summed E-state index contributed by atoms with van der Waals surface area (Å²) < 4.78 is 0. The van der Waals surface area contributed by atoms with E-state index in [9.17, 15) is 4.79 Å². The van der Waals surface area contributed by atoms with Gasteiger partial charge in [0.2, 0.25) is 5.91 Å². The van der Waals surface area contributed by atoms with E-state index in [-0.39, 0.29) is 11.7 Å². The molecule has 0 aromatic heterocycles. The zero-order valence-electron chi connectivity index (χ0n) is 7.37. The predicted octanol–water partition coefficient (Wildman–Crippen LogP) is 0.0376. The van der Waals surface area contributed by atoms with E-state index in [4.69, 9.17) is 10.9 Å². The maximum Gasteiger partial charge on any atom is 0.220 e. The second-order valence-corrected chi connectivity index (χ2v) is 2.56. The van der Waals surface area contributed by atoms with Gasteiger partial charge in [0.25, 0.3) is 0 Å². The molecule has 0 rings (SSSR count). The fraction of sp³-hybridized carbons (Fsp3) is 0.714. The molecule has 0 heterocycles. The lowest BCUT2D eigenvalue weighted by Crippen LogP contribution is -2.42. The Morgan fingerprint density at radius 1 is 1.75 bits per heavy atom. The van der Waals surface area contributed by atoms with Crippen molar-refractivity contribution in [3.8, 4) is 0 Å². The van der Waals surface area contributed by atoms with Crippen molar-refractivity contribution in [2.24, 2.45) is 10.9 Å². The van der Waals surface area contributed by atoms with E-state index in [0.717, 1.165) is 6.42 Å². The fourth-order valence-electron chi connectivity index (χ4n) is 0.701. The standard InChI is InChI=1S/C7H15N3O2/c1-3-4-6(11)9-5(2)7(8)10-12/h5,12H,3-4H2,1-2H3,(H2,8,10)(H,9,11). The molecule has 0 saturated heterocycles. The zero-order chi connectivity index (χ0) is 9.56. The van der Waals surface area contributed by atoms with Crippen LogP contribution in [0.4, 0.5) is 0 Å². The maximum atomic E-state index is 11.0. The number of carbonyl (C=O) groups is 1. The summed E-state index contributed by atoms with van der Waals surface area (Å²) in [6.07, 6.45) is 1.25. The minimum absolute atomic E-state index is 0.0134. The first kappa shape index (κ1) is 10.7. The molecule has 4 N–H and O–H groups in total. The van der Waals surface area contributed by atoms with Crippen LogP contribution < -0.4 is 11.1 Å². The van der Waals surface area contributed by atoms with Crippen LogP contribution in [0.2, 0.25) is 0 Å². The smallest absolute Gasteiger partial charge is 0.220 e. The lowest BCUT2D eigenvalue weighted by Gasteiger charge is -2.11. The second-order valence-electron chi connectivity index (χ2n) is 2.56. The van der Waals surface area contributed by atoms with Gasteiger partial charge in [-0.3, -0.25) is 4.79 Å². The van der Waals surface area contributed by atoms with Gasteiger partial charge in [-0.05, 0) is 13.3 Å². The van der Waals surface area contributed by atoms with Crippen molar-refractivity contribution in [1.29, 1.82) is 0 Å². The first-order chi connectivity index (χ1) is 5.61. The number of hydrogen-bond donors (Lipinski definition) is 3. The summed E-state index contributed by atoms with van der Waals surface area (Å²) >= 11 is 0. The third kappa shape index (κ3) is 3.80. The van der Waals surface area contributed by atoms with Crippen LogP contribution in [0, 0.1) is 0 Å². The van der Waals surface area contributed by atoms with Gasteiger partial charge in [-0.15, -0.1) is 0 Å². The van der Waals surface area contributed by atoms with E-state index < -0.39 is 6.04 Å². The van der Waals surface area contributed by atoms with Crippen LogP contribution in [0.25, 0.3) is 0 Å². The van der Waals surface area contributed by atoms with E-state index in [1.54, 1.807) is 6.92 Å². The molecule has 12 heavy (non-hydrogen) atoms. The first-order valence-electron chi connectivity index (χ1n) is 3.88. The average Bonchev–Trinajstić information content (AvgIpc) is 2.03. The number of nitrogens with one attached hydrogen (secondary N) is 1. The largest absolute Gasteiger partial charge is 0.409 e. The molecule has 1 unspecified atom stereocenters. The van der Waals surface area contributed by atoms with Gasteiger partial charge < -0.3 is 16.3 Å². The number of hydrogen-bond acceptors (Lipinski definition) is 3. The Morgan fingerprint density at radius 2 is 2.33 bits per heavy atom. The van der Waals surface area contributed by atoms with Crippen molar-refractivity contribution in [1.82, 2.24) is 5.32 Å². The zero-order valence-corrected chi connectivity index (χ0v) is 7.37. The number of nitrogens with zero attached hydrogens (tertiary/aromatic N) is 1. The van der Waals surface area contributed by atoms with Crippen molar-refractivity contribution in [2.45, 2.75) is 32.7 Å². The van der Waals surface area contributed by atoms with Gasteiger partial charge in [-0.25, -0.2) is 0 Å². The molecule has 0 aliphatic rings. The quantitative estimate of drug-likeness (QED) is 0.243. The van der Waals surface area contributed by atoms with Crippen LogP contribution in [0.15, 0.2) is 5.16 Å². The lowest BCUT2D eigenvalue weighted by molar-refractivity contribution is -0.121. The number of nitrogens with two attached hydrogens (primary N) is 1. The van der Waals surface area contributed by atoms with E-state index >= 15 is 0 Å². The third-order valence-electron chi connectivity index (χ3n) is 1.41. The van der Waals surface area contributed by atoms with E-state index in [1.165, 1.54) is 0 Å². The lowest BCUT2D eigenvalue weighted by atomic mass is 10.2. The number of carbonyl (C=O) groups excluding carboxylic acids is 1. The Balaban J connectivity index is 3.84. The Hall–Kier alpha value is -1.26. The monoisotopic (exact) mass is 173 g/mol. The molecule has 1 amide bonds. The highest BCUT2D eigenvalue weighted by atomic mass is 16.4. The normalized spacial score (nSPS) is 14.0. The van der Waals surface area contributed by atoms with Gasteiger partial charge in [0, 0.05) is 6.42 Å². The molecule has 0 spiro atoms. The number of amides is 1. The molecule has 0 aliphatic carbocycles. The first-order valence-corrected chi connectivity index (χ1v) is 3.88. The van der Waals surface area contributed by atoms with Crippen LogP contribution in [-0.4, -0.2) is 23.0 Å². The van der Waals surface area contributed by atoms with Gasteiger partial charge in [-0.2, -0.15) is 0 Å². The molecular weight excluding hydrogens is 158 g/mol. The number of oxime groups is 1. The third-order valence-corrected chi connectivity index (χ3v) is 1.41. The summed E-state index contributed by atoms with van der Waals surface area (Å²) in [6, 6.07) is -0.408. The maximum absolute atomic E-state index is 11.0. The summed E-state index contributed by atoms with van der Waals surface area (Å²) in [4.78, 5) is 11.0. The van der Waals surface area contributed by atoms with Crippen LogP contribution in [0.5, 0.6) is 0 Å². The molecule has 0 radical (unpaired) electrons. The van der Waals surface area contributed by atoms with Crippen molar-refractivity contribution in [3.05, 3.63) is 0 Å². The van der Waals surface area contributed by atoms with Gasteiger partial charge in [0.15, 0.2) is 5.84 Å². The average molecular weight is 173 g/mol. The highest BCUT2D eigenvalue weighted by molar-refractivity contribution is 5.89. The Bertz CT molecular complexity index is 179. The van der Waals surface area contributed by atoms with E-state index in [1.807, 2.05) is 6.92 Å². The molecular formula is C7H15N3O2. The van der Waals surface area contributed by atoms with Crippen molar-refractivity contribution >= 4 is 11.7 Å². The van der Waals surface area contributed by atoms with E-state index in [0.29, 0.717) is 6.42 Å². The van der Waals surface area contributed by atoms with Crippen LogP contribution >= 0.6 is 0 Å². The summed E-state index contributed by atoms with van der Waals surface area (Å²) in [5.41, 5.74) is 5.25. The Morgan fingerprint density at radius 3 is 2.75 bits per heavy atom. The Kier molecular flexibility index (Phi) is 4.83. The molecule has 0 fully saturated rings. The number of rotatable bonds is 4. The molecule has 70 valence electrons.